The van der Waals surface area contributed by atoms with Crippen LogP contribution in [-0.2, 0) is 0 Å². The molecule has 1 aromatic carbocycles. The molecular formula is C13H19F2NO2. The SMILES string of the molecule is CCC(CO)NC(C)c1ccc(OC(F)F)cc1. The molecule has 1 aromatic rings. The van der Waals surface area contributed by atoms with Gasteiger partial charge in [-0.1, -0.05) is 19.1 Å². The molecule has 18 heavy (non-hydrogen) atoms. The summed E-state index contributed by atoms with van der Waals surface area (Å²) in [6.07, 6.45) is 0.827. The van der Waals surface area contributed by atoms with Gasteiger partial charge in [0, 0.05) is 12.1 Å². The lowest BCUT2D eigenvalue weighted by Gasteiger charge is -2.21. The van der Waals surface area contributed by atoms with Gasteiger partial charge < -0.3 is 15.2 Å². The Balaban J connectivity index is 2.61. The highest BCUT2D eigenvalue weighted by Gasteiger charge is 2.11. The summed E-state index contributed by atoms with van der Waals surface area (Å²) in [7, 11) is 0. The Morgan fingerprint density at radius 3 is 2.33 bits per heavy atom. The number of alkyl halides is 2. The van der Waals surface area contributed by atoms with E-state index < -0.39 is 6.61 Å². The summed E-state index contributed by atoms with van der Waals surface area (Å²) in [6, 6.07) is 6.58. The normalized spacial score (nSPS) is 14.6. The number of aliphatic hydroxyl groups is 1. The number of ether oxygens (including phenoxy) is 1. The van der Waals surface area contributed by atoms with E-state index in [0.29, 0.717) is 0 Å². The summed E-state index contributed by atoms with van der Waals surface area (Å²) in [5, 5.41) is 12.4. The van der Waals surface area contributed by atoms with Gasteiger partial charge in [-0.25, -0.2) is 0 Å². The van der Waals surface area contributed by atoms with Gasteiger partial charge >= 0.3 is 6.61 Å². The molecule has 2 atom stereocenters. The molecule has 0 heterocycles. The molecule has 0 aliphatic rings. The molecule has 102 valence electrons. The van der Waals surface area contributed by atoms with Crippen LogP contribution in [0.1, 0.15) is 31.9 Å². The first-order valence-corrected chi connectivity index (χ1v) is 5.98. The van der Waals surface area contributed by atoms with Crippen molar-refractivity contribution in [3.63, 3.8) is 0 Å². The predicted molar refractivity (Wildman–Crippen MR) is 65.8 cm³/mol. The monoisotopic (exact) mass is 259 g/mol. The smallest absolute Gasteiger partial charge is 0.387 e. The van der Waals surface area contributed by atoms with Crippen LogP contribution in [-0.4, -0.2) is 24.4 Å². The van der Waals surface area contributed by atoms with Gasteiger partial charge in [0.25, 0.3) is 0 Å². The van der Waals surface area contributed by atoms with Crippen LogP contribution in [0.4, 0.5) is 8.78 Å². The van der Waals surface area contributed by atoms with Gasteiger partial charge in [-0.05, 0) is 31.0 Å². The van der Waals surface area contributed by atoms with E-state index in [4.69, 9.17) is 5.11 Å². The van der Waals surface area contributed by atoms with Crippen molar-refractivity contribution in [2.24, 2.45) is 0 Å². The Hall–Kier alpha value is -1.20. The van der Waals surface area contributed by atoms with Crippen molar-refractivity contribution in [2.75, 3.05) is 6.61 Å². The molecule has 2 unspecified atom stereocenters. The number of benzene rings is 1. The van der Waals surface area contributed by atoms with E-state index in [0.717, 1.165) is 12.0 Å². The second-order valence-electron chi connectivity index (χ2n) is 4.12. The molecular weight excluding hydrogens is 240 g/mol. The fraction of sp³-hybridized carbons (Fsp3) is 0.538. The minimum absolute atomic E-state index is 0.0389. The number of halogens is 2. The van der Waals surface area contributed by atoms with Crippen LogP contribution in [0.25, 0.3) is 0 Å². The van der Waals surface area contributed by atoms with Crippen molar-refractivity contribution < 1.29 is 18.6 Å². The summed E-state index contributed by atoms with van der Waals surface area (Å²) in [4.78, 5) is 0. The molecule has 0 aliphatic carbocycles. The lowest BCUT2D eigenvalue weighted by Crippen LogP contribution is -2.33. The third-order valence-electron chi connectivity index (χ3n) is 2.80. The van der Waals surface area contributed by atoms with Crippen molar-refractivity contribution in [1.82, 2.24) is 5.32 Å². The van der Waals surface area contributed by atoms with Crippen LogP contribution in [0.3, 0.4) is 0 Å². The molecule has 0 amide bonds. The molecule has 0 spiro atoms. The highest BCUT2D eigenvalue weighted by molar-refractivity contribution is 5.29. The van der Waals surface area contributed by atoms with Gasteiger partial charge in [0.15, 0.2) is 0 Å². The lowest BCUT2D eigenvalue weighted by molar-refractivity contribution is -0.0498. The van der Waals surface area contributed by atoms with E-state index in [9.17, 15) is 8.78 Å². The second-order valence-corrected chi connectivity index (χ2v) is 4.12. The fourth-order valence-corrected chi connectivity index (χ4v) is 1.69. The van der Waals surface area contributed by atoms with Crippen LogP contribution in [0.5, 0.6) is 5.75 Å². The molecule has 3 nitrogen and oxygen atoms in total. The molecule has 0 saturated heterocycles. The molecule has 1 rings (SSSR count). The first-order valence-electron chi connectivity index (χ1n) is 5.98. The number of nitrogens with one attached hydrogen (secondary N) is 1. The Morgan fingerprint density at radius 2 is 1.89 bits per heavy atom. The van der Waals surface area contributed by atoms with Crippen LogP contribution in [0, 0.1) is 0 Å². The maximum atomic E-state index is 12.0. The van der Waals surface area contributed by atoms with E-state index in [1.165, 1.54) is 12.1 Å². The molecule has 0 fully saturated rings. The molecule has 0 radical (unpaired) electrons. The first-order chi connectivity index (χ1) is 8.56. The maximum Gasteiger partial charge on any atom is 0.387 e. The van der Waals surface area contributed by atoms with Gasteiger partial charge in [0.2, 0.25) is 0 Å². The topological polar surface area (TPSA) is 41.5 Å². The number of hydrogen-bond donors (Lipinski definition) is 2. The van der Waals surface area contributed by atoms with Crippen molar-refractivity contribution in [3.8, 4) is 5.75 Å². The Labute approximate surface area is 106 Å². The average molecular weight is 259 g/mol. The Bertz CT molecular complexity index is 339. The summed E-state index contributed by atoms with van der Waals surface area (Å²) in [6.45, 7) is 1.22. The lowest BCUT2D eigenvalue weighted by atomic mass is 10.1. The van der Waals surface area contributed by atoms with Crippen molar-refractivity contribution >= 4 is 0 Å². The standard InChI is InChI=1S/C13H19F2NO2/c1-3-11(8-17)16-9(2)10-4-6-12(7-5-10)18-13(14)15/h4-7,9,11,13,16-17H,3,8H2,1-2H3. The van der Waals surface area contributed by atoms with E-state index >= 15 is 0 Å². The zero-order chi connectivity index (χ0) is 13.5. The van der Waals surface area contributed by atoms with Crippen molar-refractivity contribution in [1.29, 1.82) is 0 Å². The van der Waals surface area contributed by atoms with E-state index in [2.05, 4.69) is 10.1 Å². The second kappa shape index (κ2) is 7.28. The number of rotatable bonds is 7. The third kappa shape index (κ3) is 4.58. The van der Waals surface area contributed by atoms with E-state index in [1.54, 1.807) is 12.1 Å². The molecule has 2 N–H and O–H groups in total. The highest BCUT2D eigenvalue weighted by Crippen LogP contribution is 2.19. The molecule has 5 heteroatoms. The van der Waals surface area contributed by atoms with Crippen LogP contribution < -0.4 is 10.1 Å². The van der Waals surface area contributed by atoms with Gasteiger partial charge in [-0.15, -0.1) is 0 Å². The van der Waals surface area contributed by atoms with Crippen molar-refractivity contribution in [2.45, 2.75) is 39.0 Å². The van der Waals surface area contributed by atoms with Crippen LogP contribution in [0.15, 0.2) is 24.3 Å². The van der Waals surface area contributed by atoms with Crippen LogP contribution >= 0.6 is 0 Å². The summed E-state index contributed by atoms with van der Waals surface area (Å²) in [5.74, 6) is 0.148. The van der Waals surface area contributed by atoms with Crippen molar-refractivity contribution in [3.05, 3.63) is 29.8 Å². The van der Waals surface area contributed by atoms with Gasteiger partial charge in [-0.2, -0.15) is 8.78 Å². The average Bonchev–Trinajstić information content (AvgIpc) is 2.35. The third-order valence-corrected chi connectivity index (χ3v) is 2.80. The summed E-state index contributed by atoms with van der Waals surface area (Å²) < 4.78 is 28.2. The Kier molecular flexibility index (Phi) is 6.01. The van der Waals surface area contributed by atoms with Crippen LogP contribution in [0.2, 0.25) is 0 Å². The zero-order valence-electron chi connectivity index (χ0n) is 10.6. The quantitative estimate of drug-likeness (QED) is 0.791. The van der Waals surface area contributed by atoms with E-state index in [1.807, 2.05) is 13.8 Å². The largest absolute Gasteiger partial charge is 0.435 e. The van der Waals surface area contributed by atoms with E-state index in [-0.39, 0.29) is 24.4 Å². The molecule has 0 bridgehead atoms. The van der Waals surface area contributed by atoms with Gasteiger partial charge in [0.05, 0.1) is 6.61 Å². The number of hydrogen-bond acceptors (Lipinski definition) is 3. The molecule has 0 saturated carbocycles. The maximum absolute atomic E-state index is 12.0. The predicted octanol–water partition coefficient (Wildman–Crippen LogP) is 2.71. The highest BCUT2D eigenvalue weighted by atomic mass is 19.3. The minimum atomic E-state index is -2.80. The Morgan fingerprint density at radius 1 is 1.28 bits per heavy atom. The summed E-state index contributed by atoms with van der Waals surface area (Å²) in [5.41, 5.74) is 0.962. The van der Waals surface area contributed by atoms with Gasteiger partial charge in [-0.3, -0.25) is 0 Å². The number of aliphatic hydroxyl groups excluding tert-OH is 1. The zero-order valence-corrected chi connectivity index (χ0v) is 10.6. The molecule has 0 aromatic heterocycles. The van der Waals surface area contributed by atoms with Gasteiger partial charge in [0.1, 0.15) is 5.75 Å². The fourth-order valence-electron chi connectivity index (χ4n) is 1.69. The summed E-state index contributed by atoms with van der Waals surface area (Å²) >= 11 is 0. The minimum Gasteiger partial charge on any atom is -0.435 e. The first kappa shape index (κ1) is 14.9. The molecule has 0 aliphatic heterocycles.